The SMILES string of the molecule is CC12C(=O)C3=C(C=[C+]3)C(c3ccccc31)N2S(=O)c1ccc(C(F)(F)F)cc1. The van der Waals surface area contributed by atoms with E-state index in [0.29, 0.717) is 5.57 Å². The van der Waals surface area contributed by atoms with Crippen LogP contribution in [0.15, 0.2) is 70.6 Å². The summed E-state index contributed by atoms with van der Waals surface area (Å²) in [6.45, 7) is 1.72. The smallest absolute Gasteiger partial charge is 0.237 e. The van der Waals surface area contributed by atoms with Crippen LogP contribution in [-0.4, -0.2) is 14.3 Å². The highest BCUT2D eigenvalue weighted by Crippen LogP contribution is 2.58. The Morgan fingerprint density at radius 1 is 1.11 bits per heavy atom. The topological polar surface area (TPSA) is 37.4 Å². The minimum Gasteiger partial charge on any atom is -0.237 e. The van der Waals surface area contributed by atoms with Gasteiger partial charge in [0.15, 0.2) is 11.1 Å². The molecule has 1 aliphatic carbocycles. The van der Waals surface area contributed by atoms with E-state index in [4.69, 9.17) is 0 Å². The molecule has 0 fully saturated rings. The molecule has 3 atom stereocenters. The quantitative estimate of drug-likeness (QED) is 0.707. The summed E-state index contributed by atoms with van der Waals surface area (Å²) in [6, 6.07) is 11.3. The van der Waals surface area contributed by atoms with E-state index in [2.05, 4.69) is 6.08 Å². The van der Waals surface area contributed by atoms with Gasteiger partial charge in [-0.1, -0.05) is 24.3 Å². The van der Waals surface area contributed by atoms with Gasteiger partial charge in [-0.3, -0.25) is 0 Å². The Morgan fingerprint density at radius 2 is 1.79 bits per heavy atom. The molecule has 0 radical (unpaired) electrons. The lowest BCUT2D eigenvalue weighted by Gasteiger charge is -2.38. The fourth-order valence-corrected chi connectivity index (χ4v) is 5.74. The van der Waals surface area contributed by atoms with Gasteiger partial charge in [-0.25, -0.2) is 9.00 Å². The summed E-state index contributed by atoms with van der Waals surface area (Å²) in [7, 11) is -1.83. The van der Waals surface area contributed by atoms with E-state index in [1.807, 2.05) is 24.3 Å². The van der Waals surface area contributed by atoms with Gasteiger partial charge in [0.05, 0.1) is 22.1 Å². The molecule has 2 aliphatic heterocycles. The average Bonchev–Trinajstić information content (AvgIpc) is 2.87. The predicted octanol–water partition coefficient (Wildman–Crippen LogP) is 4.25. The van der Waals surface area contributed by atoms with Crippen LogP contribution < -0.4 is 0 Å². The first-order chi connectivity index (χ1) is 13.2. The van der Waals surface area contributed by atoms with Crippen molar-refractivity contribution in [3.63, 3.8) is 0 Å². The van der Waals surface area contributed by atoms with Gasteiger partial charge in [0, 0.05) is 6.08 Å². The number of benzene rings is 2. The number of fused-ring (bicyclic) bond motifs is 6. The van der Waals surface area contributed by atoms with Crippen molar-refractivity contribution in [2.75, 3.05) is 0 Å². The van der Waals surface area contributed by atoms with E-state index >= 15 is 0 Å². The standard InChI is InChI=1S/C21H13F3NO2S/c1-20-17-5-3-2-4-16(17)18(14-10-11-15(14)19(20)26)25(20)28(27)13-8-6-12(7-9-13)21(22,23)24/h2-10,18H,1H3/q+1. The molecule has 28 heavy (non-hydrogen) atoms. The molecule has 2 aromatic rings. The van der Waals surface area contributed by atoms with E-state index in [9.17, 15) is 22.2 Å². The Bertz CT molecular complexity index is 1120. The average molecular weight is 400 g/mol. The van der Waals surface area contributed by atoms with Crippen molar-refractivity contribution in [1.29, 1.82) is 0 Å². The van der Waals surface area contributed by atoms with Crippen molar-refractivity contribution in [3.05, 3.63) is 88.5 Å². The lowest BCUT2D eigenvalue weighted by atomic mass is 9.79. The van der Waals surface area contributed by atoms with Crippen molar-refractivity contribution in [2.45, 2.75) is 29.6 Å². The van der Waals surface area contributed by atoms with Crippen molar-refractivity contribution >= 4 is 16.8 Å². The van der Waals surface area contributed by atoms with Gasteiger partial charge in [-0.2, -0.15) is 17.5 Å². The molecule has 0 spiro atoms. The van der Waals surface area contributed by atoms with Crippen LogP contribution in [0.3, 0.4) is 0 Å². The first-order valence-corrected chi connectivity index (χ1v) is 9.72. The van der Waals surface area contributed by atoms with E-state index in [0.717, 1.165) is 28.8 Å². The molecule has 0 saturated carbocycles. The Kier molecular flexibility index (Phi) is 3.42. The summed E-state index contributed by atoms with van der Waals surface area (Å²) in [6.07, 6.45) is 0.191. The van der Waals surface area contributed by atoms with E-state index in [1.54, 1.807) is 17.3 Å². The maximum Gasteiger partial charge on any atom is 0.416 e. The molecule has 5 rings (SSSR count). The van der Waals surface area contributed by atoms with Crippen LogP contribution in [0.5, 0.6) is 0 Å². The normalized spacial score (nSPS) is 26.4. The van der Waals surface area contributed by atoms with Crippen molar-refractivity contribution < 1.29 is 22.2 Å². The summed E-state index contributed by atoms with van der Waals surface area (Å²) in [5.41, 5.74) is 0.977. The fraction of sp³-hybridized carbons (Fsp3) is 0.190. The Morgan fingerprint density at radius 3 is 2.39 bits per heavy atom. The molecule has 3 aliphatic rings. The van der Waals surface area contributed by atoms with Gasteiger partial charge in [0.25, 0.3) is 5.78 Å². The van der Waals surface area contributed by atoms with E-state index in [-0.39, 0.29) is 10.7 Å². The van der Waals surface area contributed by atoms with E-state index in [1.165, 1.54) is 12.1 Å². The molecule has 2 heterocycles. The molecule has 2 bridgehead atoms. The number of ketones is 1. The van der Waals surface area contributed by atoms with Crippen LogP contribution in [0.1, 0.15) is 29.7 Å². The maximum absolute atomic E-state index is 13.5. The number of halogens is 3. The van der Waals surface area contributed by atoms with Crippen LogP contribution in [0, 0.1) is 6.08 Å². The van der Waals surface area contributed by atoms with Gasteiger partial charge >= 0.3 is 6.18 Å². The second kappa shape index (κ2) is 5.47. The first kappa shape index (κ1) is 17.5. The number of carbonyl (C=O) groups is 1. The number of Topliss-reactive ketones (excluding diaryl/α,β-unsaturated/α-hetero) is 1. The highest BCUT2D eigenvalue weighted by atomic mass is 32.2. The number of hydrogen-bond acceptors (Lipinski definition) is 2. The monoisotopic (exact) mass is 400 g/mol. The van der Waals surface area contributed by atoms with Crippen LogP contribution in [0.2, 0.25) is 0 Å². The Balaban J connectivity index is 1.63. The fourth-order valence-electron chi connectivity index (χ4n) is 4.22. The second-order valence-corrected chi connectivity index (χ2v) is 8.47. The third kappa shape index (κ3) is 2.07. The second-order valence-electron chi connectivity index (χ2n) is 7.11. The summed E-state index contributed by atoms with van der Waals surface area (Å²) < 4.78 is 53.6. The van der Waals surface area contributed by atoms with Crippen molar-refractivity contribution in [3.8, 4) is 0 Å². The molecule has 3 unspecified atom stereocenters. The third-order valence-corrected chi connectivity index (χ3v) is 7.25. The van der Waals surface area contributed by atoms with Crippen molar-refractivity contribution in [1.82, 2.24) is 4.31 Å². The number of allylic oxidation sites excluding steroid dienone is 1. The minimum absolute atomic E-state index is 0.188. The number of nitrogens with zero attached hydrogens (tertiary/aromatic N) is 1. The molecular formula is C21H13F3NO2S+. The molecule has 2 aromatic carbocycles. The predicted molar refractivity (Wildman–Crippen MR) is 96.1 cm³/mol. The van der Waals surface area contributed by atoms with Gasteiger partial charge in [0.1, 0.15) is 17.0 Å². The van der Waals surface area contributed by atoms with E-state index < -0.39 is 34.3 Å². The highest BCUT2D eigenvalue weighted by Gasteiger charge is 2.65. The number of rotatable bonds is 2. The number of carbonyl (C=O) groups excluding carboxylic acids is 1. The summed E-state index contributed by atoms with van der Waals surface area (Å²) in [4.78, 5) is 13.4. The van der Waals surface area contributed by atoms with Gasteiger partial charge in [0.2, 0.25) is 0 Å². The molecule has 140 valence electrons. The highest BCUT2D eigenvalue weighted by molar-refractivity contribution is 7.82. The largest absolute Gasteiger partial charge is 0.416 e. The molecular weight excluding hydrogens is 387 g/mol. The summed E-state index contributed by atoms with van der Waals surface area (Å²) in [5, 5.41) is 0. The lowest BCUT2D eigenvalue weighted by Crippen LogP contribution is -2.52. The molecule has 0 saturated heterocycles. The van der Waals surface area contributed by atoms with Crippen LogP contribution in [-0.2, 0) is 27.5 Å². The number of alkyl halides is 3. The minimum atomic E-state index is -4.46. The molecule has 0 aromatic heterocycles. The van der Waals surface area contributed by atoms with Gasteiger partial charge < -0.3 is 0 Å². The van der Waals surface area contributed by atoms with Crippen LogP contribution in [0.25, 0.3) is 0 Å². The number of hydrogen-bond donors (Lipinski definition) is 0. The summed E-state index contributed by atoms with van der Waals surface area (Å²) in [5.74, 6) is -0.188. The third-order valence-electron chi connectivity index (χ3n) is 5.64. The Hall–Kier alpha value is -2.60. The molecule has 7 heteroatoms. The zero-order valence-electron chi connectivity index (χ0n) is 14.6. The zero-order valence-corrected chi connectivity index (χ0v) is 15.4. The lowest BCUT2D eigenvalue weighted by molar-refractivity contribution is -0.137. The summed E-state index contributed by atoms with van der Waals surface area (Å²) >= 11 is 0. The van der Waals surface area contributed by atoms with Crippen molar-refractivity contribution in [2.24, 2.45) is 0 Å². The van der Waals surface area contributed by atoms with Gasteiger partial charge in [-0.05, 0) is 42.3 Å². The molecule has 3 nitrogen and oxygen atoms in total. The Labute approximate surface area is 161 Å². The first-order valence-electron chi connectivity index (χ1n) is 8.61. The van der Waals surface area contributed by atoms with Crippen LogP contribution in [0.4, 0.5) is 13.2 Å². The maximum atomic E-state index is 13.5. The molecule has 0 N–H and O–H groups in total. The van der Waals surface area contributed by atoms with Crippen LogP contribution >= 0.6 is 0 Å². The zero-order chi connectivity index (χ0) is 19.8. The molecule has 0 amide bonds. The van der Waals surface area contributed by atoms with Gasteiger partial charge in [-0.15, -0.1) is 0 Å².